The molecule has 0 radical (unpaired) electrons. The van der Waals surface area contributed by atoms with Crippen LogP contribution in [-0.2, 0) is 0 Å². The number of phenols is 1. The van der Waals surface area contributed by atoms with Crippen LogP contribution >= 0.6 is 45.2 Å². The van der Waals surface area contributed by atoms with Crippen molar-refractivity contribution < 1.29 is 10.2 Å². The summed E-state index contributed by atoms with van der Waals surface area (Å²) in [5.41, 5.74) is 6.35. The number of halogens is 2. The van der Waals surface area contributed by atoms with Gasteiger partial charge in [0.15, 0.2) is 0 Å². The minimum atomic E-state index is -0.671. The van der Waals surface area contributed by atoms with Crippen molar-refractivity contribution in [2.75, 3.05) is 0 Å². The predicted molar refractivity (Wildman–Crippen MR) is 72.2 cm³/mol. The number of aliphatic hydroxyl groups is 1. The highest BCUT2D eigenvalue weighted by Gasteiger charge is 2.18. The zero-order valence-corrected chi connectivity index (χ0v) is 11.9. The van der Waals surface area contributed by atoms with Gasteiger partial charge in [-0.1, -0.05) is 0 Å². The molecule has 0 bridgehead atoms. The van der Waals surface area contributed by atoms with Crippen LogP contribution < -0.4 is 5.73 Å². The zero-order chi connectivity index (χ0) is 10.9. The standard InChI is InChI=1S/C9H11I2NO2/c1-4(13)8(12)6-2-5(10)3-7(11)9(6)14/h2-4,8,13-14H,12H2,1H3/t4-,8-/m0/s1. The molecule has 0 aliphatic heterocycles. The number of hydrogen-bond donors (Lipinski definition) is 3. The Morgan fingerprint density at radius 3 is 2.43 bits per heavy atom. The maximum atomic E-state index is 9.74. The van der Waals surface area contributed by atoms with E-state index in [4.69, 9.17) is 5.73 Å². The van der Waals surface area contributed by atoms with Crippen LogP contribution in [0.5, 0.6) is 5.75 Å². The summed E-state index contributed by atoms with van der Waals surface area (Å²) in [5, 5.41) is 19.1. The van der Waals surface area contributed by atoms with Gasteiger partial charge in [0.05, 0.1) is 15.7 Å². The van der Waals surface area contributed by atoms with E-state index < -0.39 is 12.1 Å². The van der Waals surface area contributed by atoms with E-state index in [9.17, 15) is 10.2 Å². The average molecular weight is 419 g/mol. The lowest BCUT2D eigenvalue weighted by Gasteiger charge is -2.17. The van der Waals surface area contributed by atoms with E-state index in [1.165, 1.54) is 0 Å². The number of aromatic hydroxyl groups is 1. The molecule has 0 fully saturated rings. The van der Waals surface area contributed by atoms with Crippen molar-refractivity contribution >= 4 is 45.2 Å². The van der Waals surface area contributed by atoms with Gasteiger partial charge in [0.1, 0.15) is 5.75 Å². The zero-order valence-electron chi connectivity index (χ0n) is 7.54. The first-order valence-electron chi connectivity index (χ1n) is 4.05. The van der Waals surface area contributed by atoms with E-state index in [-0.39, 0.29) is 5.75 Å². The van der Waals surface area contributed by atoms with Crippen molar-refractivity contribution in [3.05, 3.63) is 24.8 Å². The first kappa shape index (κ1) is 12.5. The average Bonchev–Trinajstić information content (AvgIpc) is 2.09. The molecule has 0 saturated heterocycles. The molecule has 1 rings (SSSR count). The third kappa shape index (κ3) is 2.71. The molecular weight excluding hydrogens is 408 g/mol. The predicted octanol–water partition coefficient (Wildman–Crippen LogP) is 1.98. The molecule has 0 aliphatic rings. The molecule has 0 aliphatic carbocycles. The fourth-order valence-corrected chi connectivity index (χ4v) is 2.99. The summed E-state index contributed by atoms with van der Waals surface area (Å²) in [5.74, 6) is 0.166. The van der Waals surface area contributed by atoms with E-state index in [2.05, 4.69) is 22.6 Å². The van der Waals surface area contributed by atoms with Gasteiger partial charge in [-0.15, -0.1) is 0 Å². The van der Waals surface area contributed by atoms with Gasteiger partial charge >= 0.3 is 0 Å². The van der Waals surface area contributed by atoms with Crippen molar-refractivity contribution in [1.29, 1.82) is 0 Å². The fourth-order valence-electron chi connectivity index (χ4n) is 1.10. The molecule has 0 aromatic heterocycles. The van der Waals surface area contributed by atoms with Crippen molar-refractivity contribution in [1.82, 2.24) is 0 Å². The molecule has 0 spiro atoms. The first-order chi connectivity index (χ1) is 6.43. The van der Waals surface area contributed by atoms with Crippen LogP contribution in [0.3, 0.4) is 0 Å². The van der Waals surface area contributed by atoms with Crippen LogP contribution in [0.2, 0.25) is 0 Å². The third-order valence-corrected chi connectivity index (χ3v) is 3.38. The highest BCUT2D eigenvalue weighted by atomic mass is 127. The maximum Gasteiger partial charge on any atom is 0.133 e. The van der Waals surface area contributed by atoms with Crippen LogP contribution in [0, 0.1) is 7.14 Å². The van der Waals surface area contributed by atoms with Crippen molar-refractivity contribution in [3.8, 4) is 5.75 Å². The fraction of sp³-hybridized carbons (Fsp3) is 0.333. The van der Waals surface area contributed by atoms with Gasteiger partial charge in [0, 0.05) is 9.13 Å². The number of benzene rings is 1. The highest BCUT2D eigenvalue weighted by Crippen LogP contribution is 2.31. The minimum absolute atomic E-state index is 0.166. The van der Waals surface area contributed by atoms with Gasteiger partial charge in [-0.3, -0.25) is 0 Å². The number of rotatable bonds is 2. The van der Waals surface area contributed by atoms with E-state index in [1.54, 1.807) is 13.0 Å². The summed E-state index contributed by atoms with van der Waals surface area (Å²) in [6.45, 7) is 1.61. The van der Waals surface area contributed by atoms with Crippen LogP contribution in [0.4, 0.5) is 0 Å². The molecule has 0 unspecified atom stereocenters. The topological polar surface area (TPSA) is 66.5 Å². The smallest absolute Gasteiger partial charge is 0.133 e. The Labute approximate surface area is 110 Å². The molecule has 1 aromatic carbocycles. The molecule has 5 heteroatoms. The molecule has 4 N–H and O–H groups in total. The summed E-state index contributed by atoms with van der Waals surface area (Å²) >= 11 is 4.19. The largest absolute Gasteiger partial charge is 0.506 e. The maximum absolute atomic E-state index is 9.74. The van der Waals surface area contributed by atoms with E-state index in [0.717, 1.165) is 7.14 Å². The highest BCUT2D eigenvalue weighted by molar-refractivity contribution is 14.1. The third-order valence-electron chi connectivity index (χ3n) is 1.94. The Kier molecular flexibility index (Phi) is 4.41. The second kappa shape index (κ2) is 4.95. The number of hydrogen-bond acceptors (Lipinski definition) is 3. The molecule has 0 heterocycles. The molecule has 1 aromatic rings. The molecule has 14 heavy (non-hydrogen) atoms. The Morgan fingerprint density at radius 1 is 1.36 bits per heavy atom. The van der Waals surface area contributed by atoms with Gasteiger partial charge in [0.2, 0.25) is 0 Å². The van der Waals surface area contributed by atoms with Gasteiger partial charge in [-0.25, -0.2) is 0 Å². The Hall–Kier alpha value is 0.400. The van der Waals surface area contributed by atoms with Crippen LogP contribution in [0.15, 0.2) is 12.1 Å². The second-order valence-corrected chi connectivity index (χ2v) is 5.50. The van der Waals surface area contributed by atoms with E-state index in [0.29, 0.717) is 5.56 Å². The summed E-state index contributed by atoms with van der Waals surface area (Å²) < 4.78 is 1.75. The normalized spacial score (nSPS) is 15.2. The van der Waals surface area contributed by atoms with Crippen molar-refractivity contribution in [2.45, 2.75) is 19.1 Å². The molecule has 0 saturated carbocycles. The molecule has 0 amide bonds. The number of aliphatic hydroxyl groups excluding tert-OH is 1. The van der Waals surface area contributed by atoms with Crippen LogP contribution in [-0.4, -0.2) is 16.3 Å². The van der Waals surface area contributed by atoms with Crippen molar-refractivity contribution in [3.63, 3.8) is 0 Å². The number of phenolic OH excluding ortho intramolecular Hbond substituents is 1. The summed E-state index contributed by atoms with van der Waals surface area (Å²) in [6.07, 6.45) is -0.671. The Morgan fingerprint density at radius 2 is 1.93 bits per heavy atom. The van der Waals surface area contributed by atoms with Crippen molar-refractivity contribution in [2.24, 2.45) is 5.73 Å². The monoisotopic (exact) mass is 419 g/mol. The van der Waals surface area contributed by atoms with E-state index >= 15 is 0 Å². The van der Waals surface area contributed by atoms with E-state index in [1.807, 2.05) is 28.7 Å². The molecule has 3 nitrogen and oxygen atoms in total. The Balaban J connectivity index is 3.20. The van der Waals surface area contributed by atoms with Crippen LogP contribution in [0.1, 0.15) is 18.5 Å². The summed E-state index contributed by atoms with van der Waals surface area (Å²) in [7, 11) is 0. The summed E-state index contributed by atoms with van der Waals surface area (Å²) in [4.78, 5) is 0. The lowest BCUT2D eigenvalue weighted by molar-refractivity contribution is 0.162. The van der Waals surface area contributed by atoms with Gasteiger partial charge in [-0.2, -0.15) is 0 Å². The minimum Gasteiger partial charge on any atom is -0.506 e. The SMILES string of the molecule is C[C@H](O)[C@H](N)c1cc(I)cc(I)c1O. The summed E-state index contributed by atoms with van der Waals surface area (Å²) in [6, 6.07) is 3.10. The molecule has 2 atom stereocenters. The lowest BCUT2D eigenvalue weighted by Crippen LogP contribution is -2.23. The van der Waals surface area contributed by atoms with Gasteiger partial charge < -0.3 is 15.9 Å². The first-order valence-corrected chi connectivity index (χ1v) is 6.20. The second-order valence-electron chi connectivity index (χ2n) is 3.09. The lowest BCUT2D eigenvalue weighted by atomic mass is 10.0. The quantitative estimate of drug-likeness (QED) is 0.643. The molecular formula is C9H11I2NO2. The van der Waals surface area contributed by atoms with Gasteiger partial charge in [0.25, 0.3) is 0 Å². The van der Waals surface area contributed by atoms with Crippen LogP contribution in [0.25, 0.3) is 0 Å². The Bertz CT molecular complexity index is 342. The number of nitrogens with two attached hydrogens (primary N) is 1. The van der Waals surface area contributed by atoms with Gasteiger partial charge in [-0.05, 0) is 64.2 Å². The molecule has 78 valence electrons.